The van der Waals surface area contributed by atoms with Crippen molar-refractivity contribution in [3.05, 3.63) is 29.1 Å². The molecule has 0 heterocycles. The largest absolute Gasteiger partial charge is 0.478 e. The maximum absolute atomic E-state index is 13.6. The molecule has 0 unspecified atom stereocenters. The Bertz CT molecular complexity index is 657. The molecule has 0 aliphatic rings. The van der Waals surface area contributed by atoms with Crippen LogP contribution >= 0.6 is 0 Å². The van der Waals surface area contributed by atoms with Gasteiger partial charge in [-0.25, -0.2) is 22.3 Å². The summed E-state index contributed by atoms with van der Waals surface area (Å²) in [5.74, 6) is -2.99. The highest BCUT2D eigenvalue weighted by Crippen LogP contribution is 2.20. The third kappa shape index (κ3) is 3.52. The molecular weight excluding hydrogens is 291 g/mol. The van der Waals surface area contributed by atoms with Gasteiger partial charge in [0.15, 0.2) is 0 Å². The molecule has 1 amide bonds. The number of aromatic carboxylic acids is 1. The van der Waals surface area contributed by atoms with E-state index in [-0.39, 0.29) is 5.56 Å². The van der Waals surface area contributed by atoms with Gasteiger partial charge >= 0.3 is 5.97 Å². The molecule has 7 nitrogen and oxygen atoms in total. The molecule has 0 aliphatic heterocycles. The molecule has 9 heteroatoms. The topological polar surface area (TPSA) is 113 Å². The number of carbonyl (C=O) groups excluding carboxylic acids is 1. The summed E-state index contributed by atoms with van der Waals surface area (Å²) in [4.78, 5) is 21.3. The van der Waals surface area contributed by atoms with Gasteiger partial charge in [-0.15, -0.1) is 0 Å². The first-order valence-corrected chi connectivity index (χ1v) is 6.91. The van der Waals surface area contributed by atoms with Crippen LogP contribution < -0.4 is 10.0 Å². The van der Waals surface area contributed by atoms with Crippen molar-refractivity contribution >= 4 is 21.9 Å². The smallest absolute Gasteiger partial charge is 0.335 e. The van der Waals surface area contributed by atoms with Gasteiger partial charge in [0, 0.05) is 12.6 Å². The van der Waals surface area contributed by atoms with E-state index in [0.717, 1.165) is 12.1 Å². The first-order valence-electron chi connectivity index (χ1n) is 5.42. The van der Waals surface area contributed by atoms with Crippen LogP contribution in [0.4, 0.5) is 4.39 Å². The third-order valence-electron chi connectivity index (χ3n) is 2.53. The zero-order valence-electron chi connectivity index (χ0n) is 10.7. The van der Waals surface area contributed by atoms with E-state index < -0.39 is 44.7 Å². The number of likely N-dealkylation sites (N-methyl/N-ethyl adjacent to an activating group) is 1. The number of nitrogens with one attached hydrogen (secondary N) is 2. The van der Waals surface area contributed by atoms with Gasteiger partial charge in [0.25, 0.3) is 0 Å². The summed E-state index contributed by atoms with van der Waals surface area (Å²) in [6.07, 6.45) is 0. The number of hydrogen-bond acceptors (Lipinski definition) is 4. The Morgan fingerprint density at radius 3 is 2.45 bits per heavy atom. The second-order valence-corrected chi connectivity index (χ2v) is 5.62. The summed E-state index contributed by atoms with van der Waals surface area (Å²) >= 11 is 0. The van der Waals surface area contributed by atoms with Gasteiger partial charge in [0.2, 0.25) is 15.9 Å². The molecule has 3 N–H and O–H groups in total. The van der Waals surface area contributed by atoms with Crippen LogP contribution in [-0.2, 0) is 14.8 Å². The highest BCUT2D eigenvalue weighted by Gasteiger charge is 2.22. The van der Waals surface area contributed by atoms with Crippen molar-refractivity contribution in [2.75, 3.05) is 13.6 Å². The fraction of sp³-hybridized carbons (Fsp3) is 0.273. The first kappa shape index (κ1) is 16.1. The number of sulfonamides is 1. The Kier molecular flexibility index (Phi) is 4.79. The molecule has 0 atom stereocenters. The normalized spacial score (nSPS) is 11.2. The predicted molar refractivity (Wildman–Crippen MR) is 67.4 cm³/mol. The fourth-order valence-corrected chi connectivity index (χ4v) is 2.64. The number of carboxylic acid groups (broad SMARTS) is 1. The van der Waals surface area contributed by atoms with Gasteiger partial charge in [0.1, 0.15) is 5.82 Å². The molecule has 1 aromatic carbocycles. The summed E-state index contributed by atoms with van der Waals surface area (Å²) < 4.78 is 39.4. The van der Waals surface area contributed by atoms with Crippen LogP contribution in [0.5, 0.6) is 0 Å². The number of carbonyl (C=O) groups is 2. The summed E-state index contributed by atoms with van der Waals surface area (Å²) in [5, 5.41) is 11.0. The molecule has 0 radical (unpaired) electrons. The number of rotatable bonds is 5. The Morgan fingerprint density at radius 2 is 1.95 bits per heavy atom. The minimum atomic E-state index is -4.19. The first-order chi connectivity index (χ1) is 9.19. The lowest BCUT2D eigenvalue weighted by molar-refractivity contribution is -0.119. The van der Waals surface area contributed by atoms with Crippen molar-refractivity contribution < 1.29 is 27.5 Å². The summed E-state index contributed by atoms with van der Waals surface area (Å²) in [5.41, 5.74) is -0.715. The standard InChI is InChI=1S/C11H13FN2O5S/c1-6-8(12)3-7(11(16)17)4-9(6)20(18,19)14-5-10(15)13-2/h3-4,14H,5H2,1-2H3,(H,13,15)(H,16,17). The minimum Gasteiger partial charge on any atom is -0.478 e. The highest BCUT2D eigenvalue weighted by molar-refractivity contribution is 7.89. The molecule has 0 fully saturated rings. The van der Waals surface area contributed by atoms with Gasteiger partial charge in [0.05, 0.1) is 17.0 Å². The van der Waals surface area contributed by atoms with E-state index in [9.17, 15) is 22.4 Å². The zero-order chi connectivity index (χ0) is 15.5. The van der Waals surface area contributed by atoms with E-state index in [4.69, 9.17) is 5.11 Å². The minimum absolute atomic E-state index is 0.223. The second-order valence-electron chi connectivity index (χ2n) is 3.88. The summed E-state index contributed by atoms with van der Waals surface area (Å²) in [6, 6.07) is 1.57. The second kappa shape index (κ2) is 5.97. The molecule has 1 aromatic rings. The average molecular weight is 304 g/mol. The molecule has 0 spiro atoms. The SMILES string of the molecule is CNC(=O)CNS(=O)(=O)c1cc(C(=O)O)cc(F)c1C. The number of halogens is 1. The fourth-order valence-electron chi connectivity index (χ4n) is 1.38. The number of hydrogen-bond donors (Lipinski definition) is 3. The number of benzene rings is 1. The third-order valence-corrected chi connectivity index (χ3v) is 4.06. The Labute approximate surface area is 114 Å². The Hall–Kier alpha value is -2.00. The molecule has 0 saturated carbocycles. The number of amides is 1. The molecular formula is C11H13FN2O5S. The van der Waals surface area contributed by atoms with Crippen LogP contribution in [0.2, 0.25) is 0 Å². The predicted octanol–water partition coefficient (Wildman–Crippen LogP) is -0.143. The van der Waals surface area contributed by atoms with Gasteiger partial charge in [-0.2, -0.15) is 0 Å². The van der Waals surface area contributed by atoms with Crippen LogP contribution in [-0.4, -0.2) is 39.0 Å². The van der Waals surface area contributed by atoms with Crippen LogP contribution in [0.25, 0.3) is 0 Å². The molecule has 0 bridgehead atoms. The van der Waals surface area contributed by atoms with E-state index >= 15 is 0 Å². The monoisotopic (exact) mass is 304 g/mol. The van der Waals surface area contributed by atoms with E-state index in [1.807, 2.05) is 4.72 Å². The molecule has 0 aliphatic carbocycles. The molecule has 20 heavy (non-hydrogen) atoms. The average Bonchev–Trinajstić information content (AvgIpc) is 2.38. The van der Waals surface area contributed by atoms with Crippen molar-refractivity contribution in [3.8, 4) is 0 Å². The van der Waals surface area contributed by atoms with Gasteiger partial charge in [-0.1, -0.05) is 0 Å². The van der Waals surface area contributed by atoms with E-state index in [0.29, 0.717) is 0 Å². The number of carboxylic acids is 1. The quantitative estimate of drug-likeness (QED) is 0.700. The molecule has 110 valence electrons. The molecule has 1 rings (SSSR count). The summed E-state index contributed by atoms with van der Waals surface area (Å²) in [7, 11) is -2.86. The molecule has 0 saturated heterocycles. The van der Waals surface area contributed by atoms with E-state index in [1.165, 1.54) is 14.0 Å². The highest BCUT2D eigenvalue weighted by atomic mass is 32.2. The van der Waals surface area contributed by atoms with Gasteiger partial charge in [-0.05, 0) is 19.1 Å². The summed E-state index contributed by atoms with van der Waals surface area (Å²) in [6.45, 7) is 0.673. The maximum atomic E-state index is 13.6. The molecule has 0 aromatic heterocycles. The van der Waals surface area contributed by atoms with Gasteiger partial charge in [-0.3, -0.25) is 4.79 Å². The Balaban J connectivity index is 3.23. The van der Waals surface area contributed by atoms with Crippen molar-refractivity contribution in [2.45, 2.75) is 11.8 Å². The van der Waals surface area contributed by atoms with Gasteiger partial charge < -0.3 is 10.4 Å². The Morgan fingerprint density at radius 1 is 1.35 bits per heavy atom. The van der Waals surface area contributed by atoms with Crippen molar-refractivity contribution in [1.82, 2.24) is 10.0 Å². The van der Waals surface area contributed by atoms with Crippen LogP contribution in [0.1, 0.15) is 15.9 Å². The van der Waals surface area contributed by atoms with Crippen molar-refractivity contribution in [2.24, 2.45) is 0 Å². The van der Waals surface area contributed by atoms with Crippen LogP contribution in [0.15, 0.2) is 17.0 Å². The lowest BCUT2D eigenvalue weighted by atomic mass is 10.1. The van der Waals surface area contributed by atoms with Crippen LogP contribution in [0.3, 0.4) is 0 Å². The maximum Gasteiger partial charge on any atom is 0.335 e. The lowest BCUT2D eigenvalue weighted by Gasteiger charge is -2.10. The zero-order valence-corrected chi connectivity index (χ0v) is 11.5. The van der Waals surface area contributed by atoms with Crippen molar-refractivity contribution in [3.63, 3.8) is 0 Å². The van der Waals surface area contributed by atoms with Crippen molar-refractivity contribution in [1.29, 1.82) is 0 Å². The van der Waals surface area contributed by atoms with Crippen LogP contribution in [0, 0.1) is 12.7 Å². The van der Waals surface area contributed by atoms with E-state index in [2.05, 4.69) is 5.32 Å². The lowest BCUT2D eigenvalue weighted by Crippen LogP contribution is -2.35. The van der Waals surface area contributed by atoms with E-state index in [1.54, 1.807) is 0 Å².